The van der Waals surface area contributed by atoms with Crippen LogP contribution in [-0.4, -0.2) is 26.5 Å². The minimum Gasteiger partial charge on any atom is -0.355 e. The van der Waals surface area contributed by atoms with Crippen LogP contribution in [0.25, 0.3) is 6.08 Å². The van der Waals surface area contributed by atoms with Crippen LogP contribution in [-0.2, 0) is 0 Å². The molecule has 0 amide bonds. The largest absolute Gasteiger partial charge is 0.355 e. The summed E-state index contributed by atoms with van der Waals surface area (Å²) in [5.74, 6) is 0.0217. The summed E-state index contributed by atoms with van der Waals surface area (Å²) in [6.07, 6.45) is 7.27. The van der Waals surface area contributed by atoms with Crippen molar-refractivity contribution in [3.05, 3.63) is 77.9 Å². The Bertz CT molecular complexity index is 762. The average molecular weight is 304 g/mol. The van der Waals surface area contributed by atoms with Gasteiger partial charge in [0.05, 0.1) is 18.0 Å². The smallest absolute Gasteiger partial charge is 0.185 e. The van der Waals surface area contributed by atoms with Crippen molar-refractivity contribution in [2.45, 2.75) is 0 Å². The first kappa shape index (κ1) is 15.1. The average Bonchev–Trinajstić information content (AvgIpc) is 2.86. The highest BCUT2D eigenvalue weighted by atomic mass is 16.1. The van der Waals surface area contributed by atoms with E-state index in [-0.39, 0.29) is 5.78 Å². The predicted molar refractivity (Wildman–Crippen MR) is 97.1 cm³/mol. The summed E-state index contributed by atoms with van der Waals surface area (Å²) in [6, 6.07) is 15.9. The van der Waals surface area contributed by atoms with Crippen LogP contribution in [0.1, 0.15) is 15.9 Å². The normalized spacial score (nSPS) is 14.0. The first-order chi connectivity index (χ1) is 11.1. The minimum atomic E-state index is 0.0217. The third-order valence-electron chi connectivity index (χ3n) is 3.95. The molecule has 0 saturated heterocycles. The van der Waals surface area contributed by atoms with Gasteiger partial charge >= 0.3 is 0 Å². The van der Waals surface area contributed by atoms with E-state index >= 15 is 0 Å². The molecule has 0 radical (unpaired) electrons. The van der Waals surface area contributed by atoms with E-state index in [2.05, 4.69) is 16.8 Å². The Morgan fingerprint density at radius 3 is 2.48 bits per heavy atom. The number of anilines is 2. The molecule has 116 valence electrons. The number of allylic oxidation sites excluding steroid dienone is 3. The van der Waals surface area contributed by atoms with Gasteiger partial charge in [0.25, 0.3) is 0 Å². The van der Waals surface area contributed by atoms with E-state index < -0.39 is 0 Å². The molecule has 3 heteroatoms. The summed E-state index contributed by atoms with van der Waals surface area (Å²) in [6.45, 7) is 0.850. The molecule has 3 rings (SSSR count). The summed E-state index contributed by atoms with van der Waals surface area (Å²) in [5.41, 5.74) is 4.10. The van der Waals surface area contributed by atoms with Crippen molar-refractivity contribution >= 4 is 23.2 Å². The molecule has 0 bridgehead atoms. The maximum absolute atomic E-state index is 12.3. The van der Waals surface area contributed by atoms with Crippen molar-refractivity contribution in [2.24, 2.45) is 0 Å². The van der Waals surface area contributed by atoms with Crippen LogP contribution in [0.15, 0.2) is 66.8 Å². The maximum atomic E-state index is 12.3. The minimum absolute atomic E-state index is 0.0217. The van der Waals surface area contributed by atoms with Gasteiger partial charge in [-0.25, -0.2) is 0 Å². The van der Waals surface area contributed by atoms with Gasteiger partial charge in [0.2, 0.25) is 0 Å². The van der Waals surface area contributed by atoms with Crippen LogP contribution >= 0.6 is 0 Å². The number of hydrogen-bond acceptors (Lipinski definition) is 3. The van der Waals surface area contributed by atoms with Gasteiger partial charge in [0, 0.05) is 19.7 Å². The molecule has 23 heavy (non-hydrogen) atoms. The number of rotatable bonds is 4. The second-order valence-electron chi connectivity index (χ2n) is 5.73. The van der Waals surface area contributed by atoms with E-state index in [1.54, 1.807) is 12.2 Å². The number of nitrogens with zero attached hydrogens (tertiary/aromatic N) is 2. The lowest BCUT2D eigenvalue weighted by atomic mass is 10.1. The summed E-state index contributed by atoms with van der Waals surface area (Å²) in [5, 5.41) is 0. The standard InChI is InChI=1S/C20H20N2O/c1-21-15-22(2)19-14-17(12-13-18(19)21)20(23)11-7-6-10-16-8-4-3-5-9-16/h3-14H,15H2,1-2H3/b10-6+,11-7+. The van der Waals surface area contributed by atoms with E-state index in [0.717, 1.165) is 29.2 Å². The fraction of sp³-hybridized carbons (Fsp3) is 0.150. The summed E-state index contributed by atoms with van der Waals surface area (Å²) in [4.78, 5) is 16.6. The van der Waals surface area contributed by atoms with Gasteiger partial charge in [-0.1, -0.05) is 48.6 Å². The molecule has 2 aromatic carbocycles. The Morgan fingerprint density at radius 1 is 0.957 bits per heavy atom. The molecule has 0 aliphatic carbocycles. The molecule has 0 saturated carbocycles. The Kier molecular flexibility index (Phi) is 4.29. The number of fused-ring (bicyclic) bond motifs is 1. The molecule has 1 aliphatic rings. The molecule has 0 spiro atoms. The van der Waals surface area contributed by atoms with Gasteiger partial charge in [-0.2, -0.15) is 0 Å². The van der Waals surface area contributed by atoms with Gasteiger partial charge in [-0.3, -0.25) is 4.79 Å². The molecule has 0 atom stereocenters. The molecule has 0 aromatic heterocycles. The first-order valence-electron chi connectivity index (χ1n) is 7.65. The molecule has 0 fully saturated rings. The summed E-state index contributed by atoms with van der Waals surface area (Å²) in [7, 11) is 4.09. The van der Waals surface area contributed by atoms with E-state index in [0.29, 0.717) is 0 Å². The number of hydrogen-bond donors (Lipinski definition) is 0. The van der Waals surface area contributed by atoms with Crippen molar-refractivity contribution in [1.82, 2.24) is 0 Å². The van der Waals surface area contributed by atoms with Gasteiger partial charge in [-0.05, 0) is 29.8 Å². The Morgan fingerprint density at radius 2 is 1.70 bits per heavy atom. The quantitative estimate of drug-likeness (QED) is 0.485. The zero-order valence-corrected chi connectivity index (χ0v) is 13.4. The lowest BCUT2D eigenvalue weighted by Gasteiger charge is -2.11. The van der Waals surface area contributed by atoms with E-state index in [9.17, 15) is 4.79 Å². The van der Waals surface area contributed by atoms with Crippen molar-refractivity contribution in [2.75, 3.05) is 30.6 Å². The Hall–Kier alpha value is -2.81. The SMILES string of the molecule is CN1CN(C)c2cc(C(=O)/C=C/C=C/c3ccccc3)ccc21. The van der Waals surface area contributed by atoms with Crippen molar-refractivity contribution < 1.29 is 4.79 Å². The van der Waals surface area contributed by atoms with E-state index in [1.807, 2.05) is 67.7 Å². The third-order valence-corrected chi connectivity index (χ3v) is 3.95. The van der Waals surface area contributed by atoms with Crippen molar-refractivity contribution in [3.63, 3.8) is 0 Å². The second kappa shape index (κ2) is 6.53. The second-order valence-corrected chi connectivity index (χ2v) is 5.73. The molecule has 0 unspecified atom stereocenters. The van der Waals surface area contributed by atoms with E-state index in [4.69, 9.17) is 0 Å². The van der Waals surface area contributed by atoms with Crippen LogP contribution in [0, 0.1) is 0 Å². The molecular weight excluding hydrogens is 284 g/mol. The molecule has 0 N–H and O–H groups in total. The van der Waals surface area contributed by atoms with Gasteiger partial charge < -0.3 is 9.80 Å². The zero-order valence-electron chi connectivity index (χ0n) is 13.4. The molecule has 2 aromatic rings. The fourth-order valence-corrected chi connectivity index (χ4v) is 2.75. The highest BCUT2D eigenvalue weighted by Gasteiger charge is 2.20. The van der Waals surface area contributed by atoms with Crippen LogP contribution in [0.4, 0.5) is 11.4 Å². The van der Waals surface area contributed by atoms with Crippen LogP contribution in [0.3, 0.4) is 0 Å². The molecule has 1 aliphatic heterocycles. The highest BCUT2D eigenvalue weighted by Crippen LogP contribution is 2.34. The highest BCUT2D eigenvalue weighted by molar-refractivity contribution is 6.06. The van der Waals surface area contributed by atoms with Crippen molar-refractivity contribution in [3.8, 4) is 0 Å². The lowest BCUT2D eigenvalue weighted by molar-refractivity contribution is 0.104. The number of ketones is 1. The maximum Gasteiger partial charge on any atom is 0.185 e. The molecular formula is C20H20N2O. The molecule has 1 heterocycles. The lowest BCUT2D eigenvalue weighted by Crippen LogP contribution is -2.23. The third kappa shape index (κ3) is 3.34. The van der Waals surface area contributed by atoms with Crippen LogP contribution in [0.5, 0.6) is 0 Å². The summed E-state index contributed by atoms with van der Waals surface area (Å²) >= 11 is 0. The first-order valence-corrected chi connectivity index (χ1v) is 7.65. The van der Waals surface area contributed by atoms with Crippen LogP contribution < -0.4 is 9.80 Å². The number of carbonyl (C=O) groups excluding carboxylic acids is 1. The number of carbonyl (C=O) groups is 1. The topological polar surface area (TPSA) is 23.6 Å². The van der Waals surface area contributed by atoms with Gasteiger partial charge in [0.15, 0.2) is 5.78 Å². The van der Waals surface area contributed by atoms with Crippen molar-refractivity contribution in [1.29, 1.82) is 0 Å². The zero-order chi connectivity index (χ0) is 16.2. The van der Waals surface area contributed by atoms with E-state index in [1.165, 1.54) is 0 Å². The van der Waals surface area contributed by atoms with Gasteiger partial charge in [-0.15, -0.1) is 0 Å². The van der Waals surface area contributed by atoms with Gasteiger partial charge in [0.1, 0.15) is 0 Å². The fourth-order valence-electron chi connectivity index (χ4n) is 2.75. The molecule has 3 nitrogen and oxygen atoms in total. The predicted octanol–water partition coefficient (Wildman–Crippen LogP) is 3.98. The monoisotopic (exact) mass is 304 g/mol. The summed E-state index contributed by atoms with van der Waals surface area (Å²) < 4.78 is 0. The Balaban J connectivity index is 1.71. The Labute approximate surface area is 137 Å². The van der Waals surface area contributed by atoms with Crippen LogP contribution in [0.2, 0.25) is 0 Å². The number of benzene rings is 2.